The number of carbonyl (C=O) groups is 1. The number of benzene rings is 1. The molecule has 1 fully saturated rings. The average molecular weight is 289 g/mol. The van der Waals surface area contributed by atoms with Crippen molar-refractivity contribution in [2.24, 2.45) is 5.92 Å². The minimum Gasteiger partial charge on any atom is -0.378 e. The Kier molecular flexibility index (Phi) is 3.42. The molecule has 3 atom stereocenters. The van der Waals surface area contributed by atoms with E-state index in [1.807, 2.05) is 18.2 Å². The number of hydrogen-bond acceptors (Lipinski definition) is 4. The molecule has 21 heavy (non-hydrogen) atoms. The molecule has 1 saturated heterocycles. The maximum Gasteiger partial charge on any atom is 0.260 e. The van der Waals surface area contributed by atoms with Crippen LogP contribution in [-0.4, -0.2) is 56.2 Å². The minimum atomic E-state index is -1.01. The summed E-state index contributed by atoms with van der Waals surface area (Å²) in [6.45, 7) is 4.28. The predicted octanol–water partition coefficient (Wildman–Crippen LogP) is 1.08. The van der Waals surface area contributed by atoms with E-state index in [-0.39, 0.29) is 5.91 Å². The van der Waals surface area contributed by atoms with E-state index in [0.717, 1.165) is 24.5 Å². The first-order chi connectivity index (χ1) is 9.90. The van der Waals surface area contributed by atoms with Crippen LogP contribution in [0.5, 0.6) is 0 Å². The van der Waals surface area contributed by atoms with Gasteiger partial charge in [-0.25, -0.2) is 0 Å². The topological polar surface area (TPSA) is 47.0 Å². The fourth-order valence-electron chi connectivity index (χ4n) is 3.52. The Hall–Kier alpha value is -1.59. The molecule has 1 N–H and O–H groups in total. The van der Waals surface area contributed by atoms with Crippen molar-refractivity contribution in [1.29, 1.82) is 0 Å². The van der Waals surface area contributed by atoms with Crippen molar-refractivity contribution in [2.75, 3.05) is 44.0 Å². The number of rotatable bonds is 2. The van der Waals surface area contributed by atoms with E-state index in [0.29, 0.717) is 17.5 Å². The van der Waals surface area contributed by atoms with Crippen molar-refractivity contribution in [3.63, 3.8) is 0 Å². The Balaban J connectivity index is 1.88. The van der Waals surface area contributed by atoms with Crippen molar-refractivity contribution in [3.8, 4) is 0 Å². The molecule has 2 aliphatic heterocycles. The van der Waals surface area contributed by atoms with Crippen molar-refractivity contribution < 1.29 is 9.90 Å². The molecule has 114 valence electrons. The Labute approximate surface area is 125 Å². The zero-order valence-corrected chi connectivity index (χ0v) is 13.1. The molecule has 0 spiro atoms. The Morgan fingerprint density at radius 1 is 1.29 bits per heavy atom. The molecule has 1 aromatic carbocycles. The fraction of sp³-hybridized carbons (Fsp3) is 0.562. The smallest absolute Gasteiger partial charge is 0.260 e. The third-order valence-corrected chi connectivity index (χ3v) is 4.84. The number of aliphatic hydroxyl groups is 1. The molecule has 1 aromatic rings. The van der Waals surface area contributed by atoms with Gasteiger partial charge >= 0.3 is 0 Å². The van der Waals surface area contributed by atoms with E-state index in [1.165, 1.54) is 0 Å². The van der Waals surface area contributed by atoms with Gasteiger partial charge in [0.1, 0.15) is 0 Å². The second kappa shape index (κ2) is 5.00. The number of amides is 1. The van der Waals surface area contributed by atoms with Gasteiger partial charge < -0.3 is 19.8 Å². The van der Waals surface area contributed by atoms with Crippen LogP contribution in [0.4, 0.5) is 11.4 Å². The van der Waals surface area contributed by atoms with Crippen LogP contribution in [0.25, 0.3) is 0 Å². The van der Waals surface area contributed by atoms with Gasteiger partial charge in [0, 0.05) is 37.4 Å². The SMILES string of the molecule is CC1CN(c2ccc3c(c2)N(C)C(=O)C3O)CC1N(C)C. The molecule has 3 unspecified atom stereocenters. The van der Waals surface area contributed by atoms with Gasteiger partial charge in [0.05, 0.1) is 5.69 Å². The third kappa shape index (κ3) is 2.21. The lowest BCUT2D eigenvalue weighted by molar-refractivity contribution is -0.125. The van der Waals surface area contributed by atoms with E-state index < -0.39 is 6.10 Å². The van der Waals surface area contributed by atoms with Crippen LogP contribution >= 0.6 is 0 Å². The lowest BCUT2D eigenvalue weighted by Gasteiger charge is -2.23. The number of carbonyl (C=O) groups excluding carboxylic acids is 1. The van der Waals surface area contributed by atoms with Gasteiger partial charge in [-0.1, -0.05) is 13.0 Å². The number of aliphatic hydroxyl groups excluding tert-OH is 1. The quantitative estimate of drug-likeness (QED) is 0.885. The first kappa shape index (κ1) is 14.4. The normalized spacial score (nSPS) is 28.7. The first-order valence-corrected chi connectivity index (χ1v) is 7.41. The summed E-state index contributed by atoms with van der Waals surface area (Å²) in [5, 5.41) is 9.92. The van der Waals surface area contributed by atoms with E-state index in [9.17, 15) is 9.90 Å². The molecule has 3 rings (SSSR count). The molecule has 2 heterocycles. The second-order valence-corrected chi connectivity index (χ2v) is 6.46. The second-order valence-electron chi connectivity index (χ2n) is 6.46. The average Bonchev–Trinajstić information content (AvgIpc) is 2.94. The van der Waals surface area contributed by atoms with Gasteiger partial charge in [-0.15, -0.1) is 0 Å². The summed E-state index contributed by atoms with van der Waals surface area (Å²) in [5.74, 6) is 0.362. The third-order valence-electron chi connectivity index (χ3n) is 4.84. The Bertz CT molecular complexity index is 573. The molecule has 0 radical (unpaired) electrons. The lowest BCUT2D eigenvalue weighted by atomic mass is 10.1. The van der Waals surface area contributed by atoms with Gasteiger partial charge in [-0.05, 0) is 32.1 Å². The fourth-order valence-corrected chi connectivity index (χ4v) is 3.52. The van der Waals surface area contributed by atoms with Crippen LogP contribution in [0.2, 0.25) is 0 Å². The molecule has 2 aliphatic rings. The molecule has 5 nitrogen and oxygen atoms in total. The predicted molar refractivity (Wildman–Crippen MR) is 83.7 cm³/mol. The van der Waals surface area contributed by atoms with Gasteiger partial charge in [0.2, 0.25) is 0 Å². The summed E-state index contributed by atoms with van der Waals surface area (Å²) in [6, 6.07) is 6.46. The first-order valence-electron chi connectivity index (χ1n) is 7.41. The van der Waals surface area contributed by atoms with Gasteiger partial charge in [0.25, 0.3) is 5.91 Å². The Morgan fingerprint density at radius 3 is 2.62 bits per heavy atom. The zero-order chi connectivity index (χ0) is 15.3. The maximum absolute atomic E-state index is 11.8. The monoisotopic (exact) mass is 289 g/mol. The molecular formula is C16H23N3O2. The van der Waals surface area contributed by atoms with Crippen LogP contribution in [0.1, 0.15) is 18.6 Å². The van der Waals surface area contributed by atoms with Crippen LogP contribution < -0.4 is 9.80 Å². The van der Waals surface area contributed by atoms with Crippen molar-refractivity contribution in [3.05, 3.63) is 23.8 Å². The summed E-state index contributed by atoms with van der Waals surface area (Å²) in [5.41, 5.74) is 2.66. The van der Waals surface area contributed by atoms with E-state index in [1.54, 1.807) is 11.9 Å². The van der Waals surface area contributed by atoms with Crippen molar-refractivity contribution in [2.45, 2.75) is 19.1 Å². The largest absolute Gasteiger partial charge is 0.378 e. The van der Waals surface area contributed by atoms with Crippen molar-refractivity contribution >= 4 is 17.3 Å². The van der Waals surface area contributed by atoms with Crippen LogP contribution in [0, 0.1) is 5.92 Å². The van der Waals surface area contributed by atoms with Crippen molar-refractivity contribution in [1.82, 2.24) is 4.90 Å². The van der Waals surface area contributed by atoms with Crippen LogP contribution in [0.3, 0.4) is 0 Å². The summed E-state index contributed by atoms with van der Waals surface area (Å²) >= 11 is 0. The number of likely N-dealkylation sites (N-methyl/N-ethyl adjacent to an activating group) is 2. The summed E-state index contributed by atoms with van der Waals surface area (Å²) < 4.78 is 0. The van der Waals surface area contributed by atoms with Gasteiger partial charge in [-0.2, -0.15) is 0 Å². The van der Waals surface area contributed by atoms with Gasteiger partial charge in [0.15, 0.2) is 6.10 Å². The molecule has 1 amide bonds. The number of fused-ring (bicyclic) bond motifs is 1. The molecule has 5 heteroatoms. The molecule has 0 bridgehead atoms. The summed E-state index contributed by atoms with van der Waals surface area (Å²) in [6.07, 6.45) is -1.01. The van der Waals surface area contributed by atoms with Crippen LogP contribution in [-0.2, 0) is 4.79 Å². The van der Waals surface area contributed by atoms with Crippen LogP contribution in [0.15, 0.2) is 18.2 Å². The highest BCUT2D eigenvalue weighted by Gasteiger charge is 2.35. The lowest BCUT2D eigenvalue weighted by Crippen LogP contribution is -2.34. The van der Waals surface area contributed by atoms with E-state index in [2.05, 4.69) is 30.8 Å². The Morgan fingerprint density at radius 2 is 2.00 bits per heavy atom. The summed E-state index contributed by atoms with van der Waals surface area (Å²) in [7, 11) is 5.96. The minimum absolute atomic E-state index is 0.247. The maximum atomic E-state index is 11.8. The van der Waals surface area contributed by atoms with E-state index in [4.69, 9.17) is 0 Å². The number of anilines is 2. The highest BCUT2D eigenvalue weighted by atomic mass is 16.3. The number of hydrogen-bond donors (Lipinski definition) is 1. The summed E-state index contributed by atoms with van der Waals surface area (Å²) in [4.78, 5) is 18.0. The number of nitrogens with zero attached hydrogens (tertiary/aromatic N) is 3. The molecule has 0 aromatic heterocycles. The molecular weight excluding hydrogens is 266 g/mol. The molecule has 0 saturated carbocycles. The van der Waals surface area contributed by atoms with E-state index >= 15 is 0 Å². The highest BCUT2D eigenvalue weighted by molar-refractivity contribution is 6.03. The zero-order valence-electron chi connectivity index (χ0n) is 13.1. The standard InChI is InChI=1S/C16H23N3O2/c1-10-8-19(9-14(10)17(2)3)11-5-6-12-13(7-11)18(4)16(21)15(12)20/h5-7,10,14-15,20H,8-9H2,1-4H3. The highest BCUT2D eigenvalue weighted by Crippen LogP contribution is 2.38. The van der Waals surface area contributed by atoms with Gasteiger partial charge in [-0.3, -0.25) is 4.79 Å². The molecule has 0 aliphatic carbocycles.